The van der Waals surface area contributed by atoms with E-state index in [0.29, 0.717) is 25.4 Å². The van der Waals surface area contributed by atoms with Gasteiger partial charge in [0.1, 0.15) is 5.75 Å². The van der Waals surface area contributed by atoms with Crippen molar-refractivity contribution in [2.75, 3.05) is 18.5 Å². The first-order chi connectivity index (χ1) is 15.8. The lowest BCUT2D eigenvalue weighted by Crippen LogP contribution is -2.31. The number of imidazole rings is 1. The van der Waals surface area contributed by atoms with Crippen LogP contribution in [0.3, 0.4) is 0 Å². The minimum absolute atomic E-state index is 0.240. The van der Waals surface area contributed by atoms with Crippen molar-refractivity contribution >= 4 is 11.7 Å². The van der Waals surface area contributed by atoms with Crippen molar-refractivity contribution in [2.45, 2.75) is 13.0 Å². The molecule has 0 aliphatic rings. The number of amides is 2. The Morgan fingerprint density at radius 3 is 2.50 bits per heavy atom. The second kappa shape index (κ2) is 10.8. The molecule has 0 aliphatic heterocycles. The molecule has 32 heavy (non-hydrogen) atoms. The predicted octanol–water partition coefficient (Wildman–Crippen LogP) is 4.99. The molecule has 2 amide bonds. The van der Waals surface area contributed by atoms with E-state index in [1.54, 1.807) is 12.5 Å². The molecular weight excluding hydrogens is 400 g/mol. The molecule has 0 radical (unpaired) electrons. The predicted molar refractivity (Wildman–Crippen MR) is 127 cm³/mol. The maximum Gasteiger partial charge on any atom is 0.319 e. The lowest BCUT2D eigenvalue weighted by atomic mass is 9.98. The Hall–Kier alpha value is -4.06. The summed E-state index contributed by atoms with van der Waals surface area (Å²) in [5.41, 5.74) is 4.41. The van der Waals surface area contributed by atoms with Gasteiger partial charge in [0, 0.05) is 37.6 Å². The molecule has 4 aromatic rings. The molecule has 0 saturated heterocycles. The van der Waals surface area contributed by atoms with Gasteiger partial charge in [-0.25, -0.2) is 9.78 Å². The van der Waals surface area contributed by atoms with Crippen molar-refractivity contribution in [1.82, 2.24) is 14.9 Å². The highest BCUT2D eigenvalue weighted by Gasteiger charge is 2.05. The smallest absolute Gasteiger partial charge is 0.319 e. The summed E-state index contributed by atoms with van der Waals surface area (Å²) in [5, 5.41) is 5.65. The van der Waals surface area contributed by atoms with Crippen LogP contribution in [0.1, 0.15) is 5.56 Å². The van der Waals surface area contributed by atoms with Gasteiger partial charge in [-0.1, -0.05) is 54.6 Å². The molecule has 2 N–H and O–H groups in total. The summed E-state index contributed by atoms with van der Waals surface area (Å²) >= 11 is 0. The van der Waals surface area contributed by atoms with Crippen LogP contribution in [0.5, 0.6) is 5.75 Å². The molecule has 0 bridgehead atoms. The third-order valence-corrected chi connectivity index (χ3v) is 5.07. The molecule has 3 aromatic carbocycles. The number of carbonyl (C=O) groups excluding carboxylic acids is 1. The van der Waals surface area contributed by atoms with E-state index in [1.165, 1.54) is 16.7 Å². The molecule has 0 unspecified atom stereocenters. The zero-order valence-electron chi connectivity index (χ0n) is 17.8. The highest BCUT2D eigenvalue weighted by molar-refractivity contribution is 5.89. The normalized spacial score (nSPS) is 10.5. The number of urea groups is 1. The number of ether oxygens (including phenoxy) is 1. The summed E-state index contributed by atoms with van der Waals surface area (Å²) in [6.45, 7) is 1.77. The van der Waals surface area contributed by atoms with Crippen LogP contribution in [0.15, 0.2) is 97.6 Å². The molecule has 0 fully saturated rings. The zero-order valence-corrected chi connectivity index (χ0v) is 17.8. The Morgan fingerprint density at radius 1 is 0.938 bits per heavy atom. The van der Waals surface area contributed by atoms with Gasteiger partial charge >= 0.3 is 6.03 Å². The molecule has 1 heterocycles. The van der Waals surface area contributed by atoms with Gasteiger partial charge in [-0.05, 0) is 41.0 Å². The number of nitrogens with one attached hydrogen (secondary N) is 2. The first kappa shape index (κ1) is 21.2. The second-order valence-corrected chi connectivity index (χ2v) is 7.33. The van der Waals surface area contributed by atoms with Gasteiger partial charge in [-0.3, -0.25) is 0 Å². The second-order valence-electron chi connectivity index (χ2n) is 7.33. The van der Waals surface area contributed by atoms with Crippen molar-refractivity contribution in [3.8, 4) is 16.9 Å². The average molecular weight is 427 g/mol. The van der Waals surface area contributed by atoms with E-state index >= 15 is 0 Å². The molecule has 0 aliphatic carbocycles. The van der Waals surface area contributed by atoms with Gasteiger partial charge in [0.15, 0.2) is 0 Å². The quantitative estimate of drug-likeness (QED) is 0.396. The number of hydrogen-bond acceptors (Lipinski definition) is 3. The monoisotopic (exact) mass is 426 g/mol. The number of hydrogen-bond donors (Lipinski definition) is 2. The third kappa shape index (κ3) is 5.98. The molecule has 0 atom stereocenters. The summed E-state index contributed by atoms with van der Waals surface area (Å²) < 4.78 is 7.84. The van der Waals surface area contributed by atoms with E-state index < -0.39 is 0 Å². The molecule has 6 nitrogen and oxygen atoms in total. The SMILES string of the molecule is O=C(NCCn1ccnc1)Nc1ccc(OCCc2ccccc2-c2ccccc2)cc1. The number of nitrogens with zero attached hydrogens (tertiary/aromatic N) is 2. The minimum atomic E-state index is -0.240. The fraction of sp³-hybridized carbons (Fsp3) is 0.154. The highest BCUT2D eigenvalue weighted by atomic mass is 16.5. The molecule has 6 heteroatoms. The Kier molecular flexibility index (Phi) is 7.16. The molecule has 0 saturated carbocycles. The van der Waals surface area contributed by atoms with E-state index in [4.69, 9.17) is 4.74 Å². The molecule has 0 spiro atoms. The van der Waals surface area contributed by atoms with Gasteiger partial charge in [0.2, 0.25) is 0 Å². The summed E-state index contributed by atoms with van der Waals surface area (Å²) in [5.74, 6) is 0.772. The Labute approximate surface area is 187 Å². The maximum atomic E-state index is 12.0. The van der Waals surface area contributed by atoms with Crippen molar-refractivity contribution in [1.29, 1.82) is 0 Å². The third-order valence-electron chi connectivity index (χ3n) is 5.07. The van der Waals surface area contributed by atoms with Crippen molar-refractivity contribution in [3.05, 3.63) is 103 Å². The number of benzene rings is 3. The first-order valence-electron chi connectivity index (χ1n) is 10.6. The molecule has 1 aromatic heterocycles. The fourth-order valence-electron chi connectivity index (χ4n) is 3.44. The Morgan fingerprint density at radius 2 is 1.72 bits per heavy atom. The number of rotatable bonds is 9. The van der Waals surface area contributed by atoms with Crippen LogP contribution in [-0.4, -0.2) is 28.7 Å². The van der Waals surface area contributed by atoms with Crippen LogP contribution in [0.25, 0.3) is 11.1 Å². The van der Waals surface area contributed by atoms with Gasteiger partial charge in [-0.15, -0.1) is 0 Å². The Bertz CT molecular complexity index is 1110. The highest BCUT2D eigenvalue weighted by Crippen LogP contribution is 2.24. The summed E-state index contributed by atoms with van der Waals surface area (Å²) in [6, 6.07) is 26.0. The summed E-state index contributed by atoms with van der Waals surface area (Å²) in [6.07, 6.45) is 6.10. The topological polar surface area (TPSA) is 68.2 Å². The fourth-order valence-corrected chi connectivity index (χ4v) is 3.44. The standard InChI is InChI=1S/C26H26N4O2/c31-26(28-16-18-30-17-15-27-20-30)29-23-10-12-24(13-11-23)32-19-14-22-8-4-5-9-25(22)21-6-2-1-3-7-21/h1-13,15,17,20H,14,16,18-19H2,(H2,28,29,31). The molecular formula is C26H26N4O2. The lowest BCUT2D eigenvalue weighted by molar-refractivity contribution is 0.251. The average Bonchev–Trinajstić information content (AvgIpc) is 3.35. The van der Waals surface area contributed by atoms with Crippen molar-refractivity contribution in [3.63, 3.8) is 0 Å². The summed E-state index contributed by atoms with van der Waals surface area (Å²) in [7, 11) is 0. The van der Waals surface area contributed by atoms with Gasteiger partial charge in [0.05, 0.1) is 12.9 Å². The lowest BCUT2D eigenvalue weighted by Gasteiger charge is -2.12. The van der Waals surface area contributed by atoms with Crippen LogP contribution >= 0.6 is 0 Å². The van der Waals surface area contributed by atoms with Gasteiger partial charge in [-0.2, -0.15) is 0 Å². The van der Waals surface area contributed by atoms with Crippen LogP contribution in [0.4, 0.5) is 10.5 Å². The zero-order chi connectivity index (χ0) is 22.0. The number of aromatic nitrogens is 2. The maximum absolute atomic E-state index is 12.0. The van der Waals surface area contributed by atoms with Crippen LogP contribution in [-0.2, 0) is 13.0 Å². The molecule has 162 valence electrons. The Balaban J connectivity index is 1.24. The van der Waals surface area contributed by atoms with E-state index in [1.807, 2.05) is 41.1 Å². The van der Waals surface area contributed by atoms with Crippen molar-refractivity contribution < 1.29 is 9.53 Å². The van der Waals surface area contributed by atoms with Gasteiger partial charge < -0.3 is 19.9 Å². The van der Waals surface area contributed by atoms with E-state index in [2.05, 4.69) is 64.1 Å². The van der Waals surface area contributed by atoms with E-state index in [9.17, 15) is 4.79 Å². The number of anilines is 1. The van der Waals surface area contributed by atoms with E-state index in [-0.39, 0.29) is 6.03 Å². The van der Waals surface area contributed by atoms with Gasteiger partial charge in [0.25, 0.3) is 0 Å². The minimum Gasteiger partial charge on any atom is -0.493 e. The van der Waals surface area contributed by atoms with E-state index in [0.717, 1.165) is 12.2 Å². The van der Waals surface area contributed by atoms with Crippen LogP contribution in [0, 0.1) is 0 Å². The molecule has 4 rings (SSSR count). The van der Waals surface area contributed by atoms with Crippen LogP contribution < -0.4 is 15.4 Å². The number of carbonyl (C=O) groups is 1. The largest absolute Gasteiger partial charge is 0.493 e. The first-order valence-corrected chi connectivity index (χ1v) is 10.6. The van der Waals surface area contributed by atoms with Crippen LogP contribution in [0.2, 0.25) is 0 Å². The van der Waals surface area contributed by atoms with Crippen molar-refractivity contribution in [2.24, 2.45) is 0 Å². The summed E-state index contributed by atoms with van der Waals surface area (Å²) in [4.78, 5) is 16.0.